The number of hydrogen-bond acceptors (Lipinski definition) is 4. The molecule has 0 radical (unpaired) electrons. The van der Waals surface area contributed by atoms with Gasteiger partial charge in [0.25, 0.3) is 0 Å². The zero-order chi connectivity index (χ0) is 13.5. The highest BCUT2D eigenvalue weighted by Gasteiger charge is 2.20. The number of carbonyl (C=O) groups excluding carboxylic acids is 1. The van der Waals surface area contributed by atoms with Crippen molar-refractivity contribution < 1.29 is 9.53 Å². The van der Waals surface area contributed by atoms with Crippen molar-refractivity contribution in [3.63, 3.8) is 0 Å². The summed E-state index contributed by atoms with van der Waals surface area (Å²) in [5, 5.41) is 2.85. The molecule has 1 fully saturated rings. The number of carbonyl (C=O) groups is 1. The molecule has 2 rings (SSSR count). The van der Waals surface area contributed by atoms with Gasteiger partial charge in [0.05, 0.1) is 13.1 Å². The molecule has 5 nitrogen and oxygen atoms in total. The molecule has 3 N–H and O–H groups in total. The highest BCUT2D eigenvalue weighted by Crippen LogP contribution is 2.07. The van der Waals surface area contributed by atoms with Crippen molar-refractivity contribution in [3.8, 4) is 5.75 Å². The largest absolute Gasteiger partial charge is 0.492 e. The van der Waals surface area contributed by atoms with Gasteiger partial charge in [-0.05, 0) is 18.6 Å². The lowest BCUT2D eigenvalue weighted by molar-refractivity contribution is -0.122. The molecule has 1 aromatic carbocycles. The van der Waals surface area contributed by atoms with Gasteiger partial charge in [-0.3, -0.25) is 9.69 Å². The summed E-state index contributed by atoms with van der Waals surface area (Å²) in [6.07, 6.45) is 0.977. The number of benzene rings is 1. The van der Waals surface area contributed by atoms with Gasteiger partial charge in [-0.15, -0.1) is 0 Å². The monoisotopic (exact) mass is 263 g/mol. The third-order valence-corrected chi connectivity index (χ3v) is 3.11. The van der Waals surface area contributed by atoms with E-state index in [2.05, 4.69) is 10.2 Å². The van der Waals surface area contributed by atoms with E-state index in [0.717, 1.165) is 25.3 Å². The third-order valence-electron chi connectivity index (χ3n) is 3.11. The second-order valence-corrected chi connectivity index (χ2v) is 4.80. The van der Waals surface area contributed by atoms with Crippen molar-refractivity contribution in [2.45, 2.75) is 12.5 Å². The maximum Gasteiger partial charge on any atom is 0.234 e. The van der Waals surface area contributed by atoms with E-state index in [9.17, 15) is 4.79 Å². The van der Waals surface area contributed by atoms with Gasteiger partial charge in [0.1, 0.15) is 12.4 Å². The van der Waals surface area contributed by atoms with Crippen LogP contribution in [0.5, 0.6) is 5.75 Å². The van der Waals surface area contributed by atoms with Crippen LogP contribution in [0.4, 0.5) is 0 Å². The Labute approximate surface area is 113 Å². The molecule has 1 atom stereocenters. The van der Waals surface area contributed by atoms with Gasteiger partial charge in [-0.25, -0.2) is 0 Å². The van der Waals surface area contributed by atoms with E-state index in [0.29, 0.717) is 19.7 Å². The van der Waals surface area contributed by atoms with Gasteiger partial charge in [0.15, 0.2) is 0 Å². The molecule has 19 heavy (non-hydrogen) atoms. The molecular weight excluding hydrogens is 242 g/mol. The van der Waals surface area contributed by atoms with Crippen LogP contribution in [0.3, 0.4) is 0 Å². The number of amides is 1. The Balaban J connectivity index is 1.57. The maximum absolute atomic E-state index is 11.7. The van der Waals surface area contributed by atoms with Crippen LogP contribution in [0.1, 0.15) is 6.42 Å². The average molecular weight is 263 g/mol. The fourth-order valence-corrected chi connectivity index (χ4v) is 2.14. The topological polar surface area (TPSA) is 67.6 Å². The van der Waals surface area contributed by atoms with Crippen LogP contribution in [0.25, 0.3) is 0 Å². The minimum atomic E-state index is 0.0331. The van der Waals surface area contributed by atoms with E-state index in [1.807, 2.05) is 30.3 Å². The Kier molecular flexibility index (Phi) is 5.18. The Morgan fingerprint density at radius 2 is 2.21 bits per heavy atom. The van der Waals surface area contributed by atoms with Gasteiger partial charge < -0.3 is 15.8 Å². The summed E-state index contributed by atoms with van der Waals surface area (Å²) in [6, 6.07) is 9.79. The fraction of sp³-hybridized carbons (Fsp3) is 0.500. The molecule has 1 aromatic rings. The number of rotatable bonds is 6. The van der Waals surface area contributed by atoms with Crippen molar-refractivity contribution in [2.24, 2.45) is 5.73 Å². The molecule has 1 aliphatic rings. The predicted octanol–water partition coefficient (Wildman–Crippen LogP) is 0.215. The van der Waals surface area contributed by atoms with Crippen molar-refractivity contribution in [3.05, 3.63) is 30.3 Å². The molecular formula is C14H21N3O2. The zero-order valence-electron chi connectivity index (χ0n) is 11.0. The summed E-state index contributed by atoms with van der Waals surface area (Å²) < 4.78 is 5.50. The molecule has 0 saturated carbocycles. The number of para-hydroxylation sites is 1. The fourth-order valence-electron chi connectivity index (χ4n) is 2.14. The van der Waals surface area contributed by atoms with Crippen LogP contribution in [0.2, 0.25) is 0 Å². The summed E-state index contributed by atoms with van der Waals surface area (Å²) in [7, 11) is 0. The molecule has 0 spiro atoms. The van der Waals surface area contributed by atoms with Gasteiger partial charge in [-0.2, -0.15) is 0 Å². The van der Waals surface area contributed by atoms with Gasteiger partial charge in [-0.1, -0.05) is 18.2 Å². The number of ether oxygens (including phenoxy) is 1. The van der Waals surface area contributed by atoms with Crippen LogP contribution in [-0.2, 0) is 4.79 Å². The standard InChI is InChI=1S/C14H21N3O2/c15-12-6-8-17(10-12)11-14(18)16-7-9-19-13-4-2-1-3-5-13/h1-5,12H,6-11,15H2,(H,16,18)/t12-/m1/s1. The number of hydrogen-bond donors (Lipinski definition) is 2. The van der Waals surface area contributed by atoms with Crippen LogP contribution < -0.4 is 15.8 Å². The van der Waals surface area contributed by atoms with Crippen LogP contribution in [-0.4, -0.2) is 49.6 Å². The average Bonchev–Trinajstić information content (AvgIpc) is 2.81. The molecule has 0 aromatic heterocycles. The van der Waals surface area contributed by atoms with Crippen molar-refractivity contribution in [1.82, 2.24) is 10.2 Å². The van der Waals surface area contributed by atoms with Crippen molar-refractivity contribution in [1.29, 1.82) is 0 Å². The Bertz CT molecular complexity index is 397. The highest BCUT2D eigenvalue weighted by atomic mass is 16.5. The maximum atomic E-state index is 11.7. The lowest BCUT2D eigenvalue weighted by atomic mass is 10.3. The van der Waals surface area contributed by atoms with Gasteiger partial charge >= 0.3 is 0 Å². The minimum Gasteiger partial charge on any atom is -0.492 e. The second kappa shape index (κ2) is 7.11. The van der Waals surface area contributed by atoms with E-state index in [4.69, 9.17) is 10.5 Å². The Morgan fingerprint density at radius 1 is 1.42 bits per heavy atom. The number of nitrogens with one attached hydrogen (secondary N) is 1. The number of likely N-dealkylation sites (tertiary alicyclic amines) is 1. The zero-order valence-corrected chi connectivity index (χ0v) is 11.0. The molecule has 1 heterocycles. The van der Waals surface area contributed by atoms with E-state index in [1.165, 1.54) is 0 Å². The third kappa shape index (κ3) is 4.89. The molecule has 1 aliphatic heterocycles. The van der Waals surface area contributed by atoms with E-state index >= 15 is 0 Å². The summed E-state index contributed by atoms with van der Waals surface area (Å²) in [4.78, 5) is 13.7. The van der Waals surface area contributed by atoms with Crippen LogP contribution in [0.15, 0.2) is 30.3 Å². The van der Waals surface area contributed by atoms with Gasteiger partial charge in [0.2, 0.25) is 5.91 Å². The Morgan fingerprint density at radius 3 is 2.89 bits per heavy atom. The summed E-state index contributed by atoms with van der Waals surface area (Å²) >= 11 is 0. The molecule has 0 unspecified atom stereocenters. The van der Waals surface area contributed by atoms with Crippen LogP contribution in [0, 0.1) is 0 Å². The van der Waals surface area contributed by atoms with E-state index < -0.39 is 0 Å². The molecule has 1 amide bonds. The number of nitrogens with two attached hydrogens (primary N) is 1. The summed E-state index contributed by atoms with van der Waals surface area (Å²) in [5.74, 6) is 0.855. The molecule has 1 saturated heterocycles. The van der Waals surface area contributed by atoms with Crippen molar-refractivity contribution in [2.75, 3.05) is 32.8 Å². The lowest BCUT2D eigenvalue weighted by Crippen LogP contribution is -2.38. The van der Waals surface area contributed by atoms with Gasteiger partial charge in [0, 0.05) is 19.1 Å². The smallest absolute Gasteiger partial charge is 0.234 e. The SMILES string of the molecule is N[C@@H]1CCN(CC(=O)NCCOc2ccccc2)C1. The Hall–Kier alpha value is -1.59. The first-order valence-corrected chi connectivity index (χ1v) is 6.66. The first kappa shape index (κ1) is 13.8. The highest BCUT2D eigenvalue weighted by molar-refractivity contribution is 5.78. The minimum absolute atomic E-state index is 0.0331. The summed E-state index contributed by atoms with van der Waals surface area (Å²) in [6.45, 7) is 3.16. The number of nitrogens with zero attached hydrogens (tertiary/aromatic N) is 1. The van der Waals surface area contributed by atoms with Crippen molar-refractivity contribution >= 4 is 5.91 Å². The lowest BCUT2D eigenvalue weighted by Gasteiger charge is -2.14. The molecule has 0 aliphatic carbocycles. The quantitative estimate of drug-likeness (QED) is 0.720. The first-order chi connectivity index (χ1) is 9.24. The normalized spacial score (nSPS) is 19.3. The van der Waals surface area contributed by atoms with E-state index in [-0.39, 0.29) is 11.9 Å². The summed E-state index contributed by atoms with van der Waals surface area (Å²) in [5.41, 5.74) is 5.79. The molecule has 104 valence electrons. The molecule has 5 heteroatoms. The second-order valence-electron chi connectivity index (χ2n) is 4.80. The predicted molar refractivity (Wildman–Crippen MR) is 74.0 cm³/mol. The van der Waals surface area contributed by atoms with E-state index in [1.54, 1.807) is 0 Å². The molecule has 0 bridgehead atoms. The van der Waals surface area contributed by atoms with Crippen LogP contribution >= 0.6 is 0 Å². The first-order valence-electron chi connectivity index (χ1n) is 6.66.